The first-order chi connectivity index (χ1) is 14.1. The standard InChI is InChI=1S/C22H33FN2O4Si/c1-16-19(17(2)25(24-16)15-28-12-13-30(4,5)6)8-7-11-29-21-14-18(22(26)27-3)9-10-20(21)23/h9-10,14H,7-8,11-13,15H2,1-6H3. The fraction of sp³-hybridized carbons (Fsp3) is 0.545. The summed E-state index contributed by atoms with van der Waals surface area (Å²) in [5, 5.41) is 4.59. The average Bonchev–Trinajstić information content (AvgIpc) is 2.95. The number of methoxy groups -OCH3 is 1. The second kappa shape index (κ2) is 10.7. The first kappa shape index (κ1) is 24.1. The second-order valence-electron chi connectivity index (χ2n) is 8.59. The molecule has 0 bridgehead atoms. The van der Waals surface area contributed by atoms with Crippen LogP contribution in [0, 0.1) is 19.7 Å². The highest BCUT2D eigenvalue weighted by atomic mass is 28.3. The van der Waals surface area contributed by atoms with Gasteiger partial charge in [-0.3, -0.25) is 0 Å². The van der Waals surface area contributed by atoms with E-state index in [1.54, 1.807) is 0 Å². The van der Waals surface area contributed by atoms with Crippen molar-refractivity contribution >= 4 is 14.0 Å². The lowest BCUT2D eigenvalue weighted by Gasteiger charge is -2.15. The summed E-state index contributed by atoms with van der Waals surface area (Å²) in [5.41, 5.74) is 3.48. The maximum atomic E-state index is 13.9. The zero-order valence-corrected chi connectivity index (χ0v) is 19.9. The van der Waals surface area contributed by atoms with Crippen molar-refractivity contribution < 1.29 is 23.4 Å². The van der Waals surface area contributed by atoms with E-state index >= 15 is 0 Å². The molecule has 0 aliphatic carbocycles. The van der Waals surface area contributed by atoms with E-state index < -0.39 is 19.9 Å². The Morgan fingerprint density at radius 2 is 1.93 bits per heavy atom. The number of aryl methyl sites for hydroxylation is 1. The highest BCUT2D eigenvalue weighted by Crippen LogP contribution is 2.21. The van der Waals surface area contributed by atoms with Crippen LogP contribution in [0.1, 0.15) is 33.7 Å². The first-order valence-electron chi connectivity index (χ1n) is 10.2. The van der Waals surface area contributed by atoms with Gasteiger partial charge in [0, 0.05) is 20.4 Å². The summed E-state index contributed by atoms with van der Waals surface area (Å²) < 4.78 is 31.9. The van der Waals surface area contributed by atoms with E-state index in [4.69, 9.17) is 9.47 Å². The van der Waals surface area contributed by atoms with Crippen molar-refractivity contribution in [2.24, 2.45) is 0 Å². The van der Waals surface area contributed by atoms with E-state index in [0.29, 0.717) is 19.8 Å². The lowest BCUT2D eigenvalue weighted by molar-refractivity contribution is 0.0600. The molecule has 30 heavy (non-hydrogen) atoms. The summed E-state index contributed by atoms with van der Waals surface area (Å²) >= 11 is 0. The lowest BCUT2D eigenvalue weighted by Crippen LogP contribution is -2.22. The third-order valence-corrected chi connectivity index (χ3v) is 6.63. The summed E-state index contributed by atoms with van der Waals surface area (Å²) in [6.45, 7) is 12.6. The minimum Gasteiger partial charge on any atom is -0.490 e. The molecule has 0 amide bonds. The van der Waals surface area contributed by atoms with Crippen molar-refractivity contribution in [3.8, 4) is 5.75 Å². The normalized spacial score (nSPS) is 11.6. The van der Waals surface area contributed by atoms with Gasteiger partial charge in [-0.1, -0.05) is 19.6 Å². The minimum atomic E-state index is -1.10. The fourth-order valence-electron chi connectivity index (χ4n) is 3.04. The SMILES string of the molecule is COC(=O)c1ccc(F)c(OCCCc2c(C)nn(COCC[Si](C)(C)C)c2C)c1. The summed E-state index contributed by atoms with van der Waals surface area (Å²) in [6, 6.07) is 5.08. The van der Waals surface area contributed by atoms with Gasteiger partial charge in [-0.2, -0.15) is 5.10 Å². The van der Waals surface area contributed by atoms with E-state index in [1.165, 1.54) is 25.3 Å². The zero-order chi connectivity index (χ0) is 22.3. The summed E-state index contributed by atoms with van der Waals surface area (Å²) in [7, 11) is 0.184. The molecule has 0 atom stereocenters. The Kier molecular flexibility index (Phi) is 8.61. The molecule has 0 fully saturated rings. The lowest BCUT2D eigenvalue weighted by atomic mass is 10.1. The van der Waals surface area contributed by atoms with E-state index in [-0.39, 0.29) is 11.3 Å². The van der Waals surface area contributed by atoms with Crippen LogP contribution in [0.4, 0.5) is 4.39 Å². The maximum absolute atomic E-state index is 13.9. The van der Waals surface area contributed by atoms with Gasteiger partial charge >= 0.3 is 5.97 Å². The molecule has 6 nitrogen and oxygen atoms in total. The minimum absolute atomic E-state index is 0.0536. The zero-order valence-electron chi connectivity index (χ0n) is 18.9. The van der Waals surface area contributed by atoms with Crippen LogP contribution in [0.5, 0.6) is 5.75 Å². The van der Waals surface area contributed by atoms with Crippen LogP contribution < -0.4 is 4.74 Å². The summed E-state index contributed by atoms with van der Waals surface area (Å²) in [6.07, 6.45) is 1.47. The highest BCUT2D eigenvalue weighted by Gasteiger charge is 2.15. The molecule has 166 valence electrons. The number of rotatable bonds is 11. The molecule has 0 N–H and O–H groups in total. The van der Waals surface area contributed by atoms with Crippen LogP contribution in [-0.2, 0) is 22.6 Å². The molecule has 0 saturated heterocycles. The third kappa shape index (κ3) is 6.95. The molecule has 0 unspecified atom stereocenters. The largest absolute Gasteiger partial charge is 0.490 e. The molecular weight excluding hydrogens is 403 g/mol. The predicted molar refractivity (Wildman–Crippen MR) is 117 cm³/mol. The Morgan fingerprint density at radius 1 is 1.20 bits per heavy atom. The van der Waals surface area contributed by atoms with Crippen molar-refractivity contribution in [3.05, 3.63) is 46.5 Å². The highest BCUT2D eigenvalue weighted by molar-refractivity contribution is 6.76. The van der Waals surface area contributed by atoms with Gasteiger partial charge in [-0.25, -0.2) is 13.9 Å². The maximum Gasteiger partial charge on any atom is 0.337 e. The van der Waals surface area contributed by atoms with Crippen molar-refractivity contribution in [3.63, 3.8) is 0 Å². The monoisotopic (exact) mass is 436 g/mol. The Labute approximate surface area is 179 Å². The molecular formula is C22H33FN2O4Si. The van der Waals surface area contributed by atoms with Crippen LogP contribution in [0.25, 0.3) is 0 Å². The van der Waals surface area contributed by atoms with Crippen LogP contribution >= 0.6 is 0 Å². The Hall–Kier alpha value is -2.19. The summed E-state index contributed by atoms with van der Waals surface area (Å²) in [4.78, 5) is 11.6. The third-order valence-electron chi connectivity index (χ3n) is 4.92. The first-order valence-corrected chi connectivity index (χ1v) is 13.9. The van der Waals surface area contributed by atoms with E-state index in [0.717, 1.165) is 36.0 Å². The number of carbonyl (C=O) groups excluding carboxylic acids is 1. The van der Waals surface area contributed by atoms with E-state index in [2.05, 4.69) is 29.5 Å². The number of ether oxygens (including phenoxy) is 3. The van der Waals surface area contributed by atoms with Crippen molar-refractivity contribution in [1.82, 2.24) is 9.78 Å². The molecule has 0 spiro atoms. The van der Waals surface area contributed by atoms with Crippen LogP contribution in [-0.4, -0.2) is 44.1 Å². The van der Waals surface area contributed by atoms with Gasteiger partial charge < -0.3 is 14.2 Å². The average molecular weight is 437 g/mol. The summed E-state index contributed by atoms with van der Waals surface area (Å²) in [5.74, 6) is -0.971. The number of hydrogen-bond donors (Lipinski definition) is 0. The fourth-order valence-corrected chi connectivity index (χ4v) is 3.80. The predicted octanol–water partition coefficient (Wildman–Crippen LogP) is 4.75. The molecule has 1 aromatic carbocycles. The van der Waals surface area contributed by atoms with Crippen LogP contribution in [0.2, 0.25) is 25.7 Å². The quantitative estimate of drug-likeness (QED) is 0.289. The number of benzene rings is 1. The van der Waals surface area contributed by atoms with Crippen LogP contribution in [0.15, 0.2) is 18.2 Å². The van der Waals surface area contributed by atoms with Gasteiger partial charge in [0.1, 0.15) is 6.73 Å². The molecule has 8 heteroatoms. The number of halogens is 1. The second-order valence-corrected chi connectivity index (χ2v) is 14.2. The van der Waals surface area contributed by atoms with Crippen molar-refractivity contribution in [2.75, 3.05) is 20.3 Å². The number of hydrogen-bond acceptors (Lipinski definition) is 5. The number of aromatic nitrogens is 2. The molecule has 0 aliphatic rings. The van der Waals surface area contributed by atoms with Gasteiger partial charge in [-0.05, 0) is 56.5 Å². The number of nitrogens with zero attached hydrogens (tertiary/aromatic N) is 2. The molecule has 0 saturated carbocycles. The topological polar surface area (TPSA) is 62.6 Å². The van der Waals surface area contributed by atoms with Gasteiger partial charge in [0.05, 0.1) is 25.0 Å². The Bertz CT molecular complexity index is 862. The van der Waals surface area contributed by atoms with E-state index in [9.17, 15) is 9.18 Å². The molecule has 2 rings (SSSR count). The molecule has 1 heterocycles. The molecule has 2 aromatic rings. The number of esters is 1. The van der Waals surface area contributed by atoms with Gasteiger partial charge in [0.25, 0.3) is 0 Å². The number of carbonyl (C=O) groups is 1. The van der Waals surface area contributed by atoms with Crippen molar-refractivity contribution in [2.45, 2.75) is 59.1 Å². The van der Waals surface area contributed by atoms with Gasteiger partial charge in [0.2, 0.25) is 0 Å². The van der Waals surface area contributed by atoms with Gasteiger partial charge in [-0.15, -0.1) is 0 Å². The Morgan fingerprint density at radius 3 is 2.60 bits per heavy atom. The van der Waals surface area contributed by atoms with Crippen LogP contribution in [0.3, 0.4) is 0 Å². The van der Waals surface area contributed by atoms with Gasteiger partial charge in [0.15, 0.2) is 11.6 Å². The van der Waals surface area contributed by atoms with Crippen molar-refractivity contribution in [1.29, 1.82) is 0 Å². The molecule has 1 aromatic heterocycles. The van der Waals surface area contributed by atoms with E-state index in [1.807, 2.05) is 18.5 Å². The molecule has 0 aliphatic heterocycles. The Balaban J connectivity index is 1.87. The molecule has 0 radical (unpaired) electrons. The smallest absolute Gasteiger partial charge is 0.337 e.